The van der Waals surface area contributed by atoms with E-state index in [-0.39, 0.29) is 11.8 Å². The molecule has 5 rings (SSSR count). The molecular formula is C26H24ClN6O2+. The molecule has 1 fully saturated rings. The number of ether oxygens (including phenoxy) is 1. The first-order chi connectivity index (χ1) is 17.0. The standard InChI is InChI=1S/C26H24ClN6O2/c1-2-22(34)32-13-3-4-17(14-32)15-33-26-23(25(28)29-16-30-26)24(31-33)18-5-9-20(10-6-18)35-21-11-7-19(27)8-12-21/h2,5-12,15-17H,1,3-4,13-14H2,(H2,28,29,30)/q+1. The van der Waals surface area contributed by atoms with Gasteiger partial charge in [-0.1, -0.05) is 23.3 Å². The highest BCUT2D eigenvalue weighted by molar-refractivity contribution is 6.30. The molecule has 0 spiro atoms. The van der Waals surface area contributed by atoms with Crippen LogP contribution in [0.3, 0.4) is 0 Å². The maximum atomic E-state index is 12.1. The van der Waals surface area contributed by atoms with Gasteiger partial charge in [-0.2, -0.15) is 4.98 Å². The van der Waals surface area contributed by atoms with Crippen LogP contribution >= 0.6 is 11.6 Å². The number of nitrogens with two attached hydrogens (primary N) is 1. The lowest BCUT2D eigenvalue weighted by molar-refractivity contribution is -0.442. The van der Waals surface area contributed by atoms with Gasteiger partial charge in [0, 0.05) is 29.6 Å². The first-order valence-electron chi connectivity index (χ1n) is 11.3. The quantitative estimate of drug-likeness (QED) is 0.424. The molecule has 8 nitrogen and oxygen atoms in total. The van der Waals surface area contributed by atoms with E-state index in [1.807, 2.05) is 47.5 Å². The summed E-state index contributed by atoms with van der Waals surface area (Å²) in [5.74, 6) is 2.45. The van der Waals surface area contributed by atoms with Crippen LogP contribution in [0.1, 0.15) is 24.0 Å². The second-order valence-corrected chi connectivity index (χ2v) is 8.81. The fourth-order valence-corrected chi connectivity index (χ4v) is 4.41. The SMILES string of the molecule is C=CC(=O)N1CCCC(C=[N+]2N=C(c3ccc(Oc4ccc(Cl)cc4)cc3)c3c(N)ncnc32)C1. The van der Waals surface area contributed by atoms with Crippen molar-refractivity contribution in [2.75, 3.05) is 18.8 Å². The van der Waals surface area contributed by atoms with E-state index >= 15 is 0 Å². The van der Waals surface area contributed by atoms with E-state index in [1.165, 1.54) is 12.4 Å². The first-order valence-corrected chi connectivity index (χ1v) is 11.7. The van der Waals surface area contributed by atoms with Crippen LogP contribution in [0, 0.1) is 5.92 Å². The summed E-state index contributed by atoms with van der Waals surface area (Å²) in [6.07, 6.45) is 6.68. The molecule has 2 aliphatic heterocycles. The zero-order chi connectivity index (χ0) is 24.4. The molecule has 1 amide bonds. The lowest BCUT2D eigenvalue weighted by atomic mass is 9.99. The molecule has 2 aromatic carbocycles. The van der Waals surface area contributed by atoms with Crippen molar-refractivity contribution in [1.82, 2.24) is 14.9 Å². The van der Waals surface area contributed by atoms with Gasteiger partial charge >= 0.3 is 5.82 Å². The Morgan fingerprint density at radius 1 is 1.14 bits per heavy atom. The highest BCUT2D eigenvalue weighted by Crippen LogP contribution is 2.32. The largest absolute Gasteiger partial charge is 0.457 e. The molecule has 2 N–H and O–H groups in total. The number of aromatic nitrogens is 2. The molecule has 1 saturated heterocycles. The van der Waals surface area contributed by atoms with Crippen molar-refractivity contribution < 1.29 is 14.2 Å². The van der Waals surface area contributed by atoms with Gasteiger partial charge in [0.1, 0.15) is 34.8 Å². The zero-order valence-corrected chi connectivity index (χ0v) is 19.7. The number of halogens is 1. The highest BCUT2D eigenvalue weighted by Gasteiger charge is 2.34. The van der Waals surface area contributed by atoms with Crippen molar-refractivity contribution in [2.45, 2.75) is 12.8 Å². The maximum absolute atomic E-state index is 12.1. The monoisotopic (exact) mass is 487 g/mol. The first kappa shape index (κ1) is 22.7. The smallest absolute Gasteiger partial charge is 0.363 e. The van der Waals surface area contributed by atoms with Gasteiger partial charge in [0.15, 0.2) is 0 Å². The van der Waals surface area contributed by atoms with Gasteiger partial charge in [0.25, 0.3) is 0 Å². The summed E-state index contributed by atoms with van der Waals surface area (Å²) in [7, 11) is 0. The topological polar surface area (TPSA) is 96.7 Å². The summed E-state index contributed by atoms with van der Waals surface area (Å²) < 4.78 is 7.66. The molecule has 3 heterocycles. The van der Waals surface area contributed by atoms with Crippen LogP contribution in [0.25, 0.3) is 0 Å². The number of benzene rings is 2. The molecule has 0 radical (unpaired) electrons. The Morgan fingerprint density at radius 2 is 1.86 bits per heavy atom. The van der Waals surface area contributed by atoms with E-state index in [1.54, 1.807) is 16.8 Å². The van der Waals surface area contributed by atoms with Crippen LogP contribution in [0.15, 0.2) is 72.6 Å². The Kier molecular flexibility index (Phi) is 6.29. The average Bonchev–Trinajstić information content (AvgIpc) is 3.25. The van der Waals surface area contributed by atoms with E-state index in [0.717, 1.165) is 24.9 Å². The Balaban J connectivity index is 1.43. The number of carbonyl (C=O) groups excluding carboxylic acids is 1. The molecule has 0 bridgehead atoms. The van der Waals surface area contributed by atoms with Crippen LogP contribution < -0.4 is 10.5 Å². The van der Waals surface area contributed by atoms with Gasteiger partial charge in [-0.3, -0.25) is 4.79 Å². The number of anilines is 1. The predicted octanol–water partition coefficient (Wildman–Crippen LogP) is 4.41. The molecule has 0 saturated carbocycles. The molecule has 1 unspecified atom stereocenters. The van der Waals surface area contributed by atoms with Crippen molar-refractivity contribution in [3.8, 4) is 11.5 Å². The highest BCUT2D eigenvalue weighted by atomic mass is 35.5. The molecule has 3 aromatic rings. The Labute approximate surface area is 208 Å². The average molecular weight is 488 g/mol. The van der Waals surface area contributed by atoms with Crippen LogP contribution in [0.2, 0.25) is 5.02 Å². The lowest BCUT2D eigenvalue weighted by Gasteiger charge is -2.29. The minimum absolute atomic E-state index is 0.0541. The number of nitrogens with zero attached hydrogens (tertiary/aromatic N) is 5. The van der Waals surface area contributed by atoms with Gasteiger partial charge in [-0.25, -0.2) is 0 Å². The molecule has 176 valence electrons. The summed E-state index contributed by atoms with van der Waals surface area (Å²) in [5, 5.41) is 5.48. The maximum Gasteiger partial charge on any atom is 0.363 e. The second-order valence-electron chi connectivity index (χ2n) is 8.37. The van der Waals surface area contributed by atoms with Crippen LogP contribution in [-0.4, -0.2) is 50.5 Å². The Hall–Kier alpha value is -4.04. The molecule has 9 heteroatoms. The van der Waals surface area contributed by atoms with E-state index in [0.29, 0.717) is 46.0 Å². The fraction of sp³-hybridized carbons (Fsp3) is 0.192. The van der Waals surface area contributed by atoms with Crippen LogP contribution in [0.5, 0.6) is 11.5 Å². The van der Waals surface area contributed by atoms with E-state index in [9.17, 15) is 4.79 Å². The summed E-state index contributed by atoms with van der Waals surface area (Å²) in [6.45, 7) is 4.95. The van der Waals surface area contributed by atoms with E-state index < -0.39 is 0 Å². The van der Waals surface area contributed by atoms with Gasteiger partial charge in [0.05, 0.1) is 0 Å². The number of piperidine rings is 1. The molecular weight excluding hydrogens is 464 g/mol. The molecule has 2 aliphatic rings. The van der Waals surface area contributed by atoms with Crippen molar-refractivity contribution in [1.29, 1.82) is 0 Å². The molecule has 1 aromatic heterocycles. The Morgan fingerprint density at radius 3 is 2.57 bits per heavy atom. The number of amides is 1. The van der Waals surface area contributed by atoms with Crippen molar-refractivity contribution in [2.24, 2.45) is 11.0 Å². The summed E-state index contributed by atoms with van der Waals surface area (Å²) in [5.41, 5.74) is 8.48. The van der Waals surface area contributed by atoms with E-state index in [4.69, 9.17) is 27.2 Å². The number of carbonyl (C=O) groups is 1. The number of fused-ring (bicyclic) bond motifs is 1. The second kappa shape index (κ2) is 9.68. The van der Waals surface area contributed by atoms with Crippen LogP contribution in [-0.2, 0) is 4.79 Å². The number of hydrogen-bond acceptors (Lipinski definition) is 6. The van der Waals surface area contributed by atoms with Crippen LogP contribution in [0.4, 0.5) is 11.6 Å². The number of hydrazone groups is 1. The van der Waals surface area contributed by atoms with Crippen molar-refractivity contribution in [3.63, 3.8) is 0 Å². The number of rotatable bonds is 5. The minimum Gasteiger partial charge on any atom is -0.457 e. The summed E-state index contributed by atoms with van der Waals surface area (Å²) in [6, 6.07) is 14.8. The van der Waals surface area contributed by atoms with E-state index in [2.05, 4.69) is 16.5 Å². The molecule has 1 atom stereocenters. The van der Waals surface area contributed by atoms with Gasteiger partial charge < -0.3 is 15.4 Å². The predicted molar refractivity (Wildman–Crippen MR) is 136 cm³/mol. The fourth-order valence-electron chi connectivity index (χ4n) is 4.28. The normalized spacial score (nSPS) is 18.2. The van der Waals surface area contributed by atoms with Gasteiger partial charge in [0.2, 0.25) is 12.2 Å². The molecule has 35 heavy (non-hydrogen) atoms. The third kappa shape index (κ3) is 4.79. The number of hydrogen-bond donors (Lipinski definition) is 1. The number of nitrogen functional groups attached to an aromatic ring is 1. The summed E-state index contributed by atoms with van der Waals surface area (Å²) in [4.78, 5) is 22.5. The number of likely N-dealkylation sites (tertiary alicyclic amines) is 1. The Bertz CT molecular complexity index is 1330. The lowest BCUT2D eigenvalue weighted by Crippen LogP contribution is -2.40. The van der Waals surface area contributed by atoms with Crippen molar-refractivity contribution >= 4 is 41.1 Å². The van der Waals surface area contributed by atoms with Gasteiger partial charge in [-0.05, 0) is 72.4 Å². The zero-order valence-electron chi connectivity index (χ0n) is 19.0. The van der Waals surface area contributed by atoms with Crippen molar-refractivity contribution in [3.05, 3.63) is 83.7 Å². The minimum atomic E-state index is -0.0541. The third-order valence-corrected chi connectivity index (χ3v) is 6.24. The molecule has 0 aliphatic carbocycles. The summed E-state index contributed by atoms with van der Waals surface area (Å²) >= 11 is 5.95. The third-order valence-electron chi connectivity index (χ3n) is 5.99. The van der Waals surface area contributed by atoms with Gasteiger partial charge in [-0.15, -0.1) is 4.68 Å².